The van der Waals surface area contributed by atoms with Crippen LogP contribution in [0.15, 0.2) is 12.1 Å². The Morgan fingerprint density at radius 3 is 2.61 bits per heavy atom. The van der Waals surface area contributed by atoms with Gasteiger partial charge in [-0.3, -0.25) is 0 Å². The quantitative estimate of drug-likeness (QED) is 0.755. The Kier molecular flexibility index (Phi) is 3.41. The van der Waals surface area contributed by atoms with E-state index in [2.05, 4.69) is 0 Å². The van der Waals surface area contributed by atoms with Crippen molar-refractivity contribution in [2.24, 2.45) is 0 Å². The fraction of sp³-hybridized carbons (Fsp3) is 0.462. The van der Waals surface area contributed by atoms with E-state index in [-0.39, 0.29) is 17.4 Å². The van der Waals surface area contributed by atoms with Crippen LogP contribution in [0.4, 0.5) is 14.9 Å². The lowest BCUT2D eigenvalue weighted by Gasteiger charge is -2.31. The van der Waals surface area contributed by atoms with Gasteiger partial charge < -0.3 is 15.7 Å². The topological polar surface area (TPSA) is 66.6 Å². The maximum atomic E-state index is 13.3. The molecular formula is C13H17FN2O2. The Balaban J connectivity index is 2.15. The van der Waals surface area contributed by atoms with Crippen molar-refractivity contribution in [2.45, 2.75) is 25.7 Å². The van der Waals surface area contributed by atoms with Gasteiger partial charge in [0.05, 0.1) is 5.69 Å². The zero-order chi connectivity index (χ0) is 13.3. The number of benzene rings is 1. The van der Waals surface area contributed by atoms with E-state index in [0.29, 0.717) is 13.1 Å². The first kappa shape index (κ1) is 12.7. The second-order valence-corrected chi connectivity index (χ2v) is 4.77. The molecular weight excluding hydrogens is 235 g/mol. The van der Waals surface area contributed by atoms with Gasteiger partial charge in [0.25, 0.3) is 0 Å². The van der Waals surface area contributed by atoms with Crippen molar-refractivity contribution in [2.75, 3.05) is 18.8 Å². The summed E-state index contributed by atoms with van der Waals surface area (Å²) in [7, 11) is 0. The molecule has 0 atom stereocenters. The van der Waals surface area contributed by atoms with Gasteiger partial charge in [-0.2, -0.15) is 0 Å². The van der Waals surface area contributed by atoms with Gasteiger partial charge in [0.1, 0.15) is 5.82 Å². The predicted octanol–water partition coefficient (Wildman–Crippen LogP) is 2.57. The van der Waals surface area contributed by atoms with Gasteiger partial charge in [0.2, 0.25) is 0 Å². The van der Waals surface area contributed by atoms with E-state index in [9.17, 15) is 9.18 Å². The molecule has 0 bridgehead atoms. The van der Waals surface area contributed by atoms with E-state index in [1.54, 1.807) is 6.07 Å². The number of carboxylic acid groups (broad SMARTS) is 1. The van der Waals surface area contributed by atoms with Crippen LogP contribution < -0.4 is 5.73 Å². The van der Waals surface area contributed by atoms with E-state index in [1.807, 2.05) is 6.92 Å². The second-order valence-electron chi connectivity index (χ2n) is 4.77. The molecule has 1 aromatic carbocycles. The van der Waals surface area contributed by atoms with Crippen molar-refractivity contribution in [3.63, 3.8) is 0 Å². The normalized spacial score (nSPS) is 16.9. The minimum Gasteiger partial charge on any atom is -0.465 e. The molecule has 1 saturated heterocycles. The Bertz CT molecular complexity index is 468. The number of hydrogen-bond donors (Lipinski definition) is 2. The minimum atomic E-state index is -0.871. The lowest BCUT2D eigenvalue weighted by atomic mass is 9.86. The van der Waals surface area contributed by atoms with Crippen molar-refractivity contribution in [3.05, 3.63) is 29.1 Å². The van der Waals surface area contributed by atoms with Gasteiger partial charge in [0, 0.05) is 13.1 Å². The summed E-state index contributed by atoms with van der Waals surface area (Å²) in [6.45, 7) is 2.91. The first-order valence-electron chi connectivity index (χ1n) is 6.02. The van der Waals surface area contributed by atoms with Crippen molar-refractivity contribution in [1.29, 1.82) is 0 Å². The zero-order valence-electron chi connectivity index (χ0n) is 10.3. The van der Waals surface area contributed by atoms with E-state index in [1.165, 1.54) is 11.0 Å². The molecule has 0 saturated carbocycles. The molecule has 5 heteroatoms. The summed E-state index contributed by atoms with van der Waals surface area (Å²) in [5.74, 6) is -0.122. The highest BCUT2D eigenvalue weighted by atomic mass is 19.1. The summed E-state index contributed by atoms with van der Waals surface area (Å²) in [5.41, 5.74) is 7.68. The van der Waals surface area contributed by atoms with Gasteiger partial charge in [0.15, 0.2) is 0 Å². The second kappa shape index (κ2) is 4.84. The first-order valence-corrected chi connectivity index (χ1v) is 6.02. The SMILES string of the molecule is Cc1cc(F)c(N)cc1C1CCN(C(=O)O)CC1. The molecule has 4 nitrogen and oxygen atoms in total. The third-order valence-corrected chi connectivity index (χ3v) is 3.59. The Morgan fingerprint density at radius 2 is 2.06 bits per heavy atom. The van der Waals surface area contributed by atoms with Gasteiger partial charge >= 0.3 is 6.09 Å². The number of rotatable bonds is 1. The molecule has 18 heavy (non-hydrogen) atoms. The monoisotopic (exact) mass is 252 g/mol. The number of anilines is 1. The molecule has 0 aliphatic carbocycles. The van der Waals surface area contributed by atoms with Crippen LogP contribution in [0.25, 0.3) is 0 Å². The summed E-state index contributed by atoms with van der Waals surface area (Å²) in [4.78, 5) is 12.2. The lowest BCUT2D eigenvalue weighted by molar-refractivity contribution is 0.132. The fourth-order valence-corrected chi connectivity index (χ4v) is 2.53. The van der Waals surface area contributed by atoms with Crippen molar-refractivity contribution < 1.29 is 14.3 Å². The molecule has 3 N–H and O–H groups in total. The average molecular weight is 252 g/mol. The lowest BCUT2D eigenvalue weighted by Crippen LogP contribution is -2.36. The zero-order valence-corrected chi connectivity index (χ0v) is 10.3. The van der Waals surface area contributed by atoms with Crippen LogP contribution in [0.3, 0.4) is 0 Å². The van der Waals surface area contributed by atoms with Crippen LogP contribution in [0, 0.1) is 12.7 Å². The van der Waals surface area contributed by atoms with E-state index < -0.39 is 6.09 Å². The van der Waals surface area contributed by atoms with Crippen LogP contribution in [-0.2, 0) is 0 Å². The summed E-state index contributed by atoms with van der Waals surface area (Å²) in [6, 6.07) is 3.14. The van der Waals surface area contributed by atoms with Crippen LogP contribution in [0.1, 0.15) is 29.9 Å². The number of carbonyl (C=O) groups is 1. The molecule has 2 rings (SSSR count). The number of nitrogens with two attached hydrogens (primary N) is 1. The molecule has 0 aromatic heterocycles. The molecule has 1 amide bonds. The molecule has 1 fully saturated rings. The number of piperidine rings is 1. The standard InChI is InChI=1S/C13H17FN2O2/c1-8-6-11(14)12(15)7-10(8)9-2-4-16(5-3-9)13(17)18/h6-7,9H,2-5,15H2,1H3,(H,17,18). The maximum Gasteiger partial charge on any atom is 0.407 e. The van der Waals surface area contributed by atoms with E-state index in [4.69, 9.17) is 10.8 Å². The minimum absolute atomic E-state index is 0.163. The number of amides is 1. The van der Waals surface area contributed by atoms with Crippen molar-refractivity contribution in [3.8, 4) is 0 Å². The first-order chi connectivity index (χ1) is 8.49. The molecule has 0 radical (unpaired) electrons. The number of nitrogen functional groups attached to an aromatic ring is 1. The molecule has 1 aromatic rings. The predicted molar refractivity (Wildman–Crippen MR) is 67.1 cm³/mol. The smallest absolute Gasteiger partial charge is 0.407 e. The van der Waals surface area contributed by atoms with Gasteiger partial charge in [-0.05, 0) is 48.9 Å². The third-order valence-electron chi connectivity index (χ3n) is 3.59. The molecule has 1 heterocycles. The summed E-state index contributed by atoms with van der Waals surface area (Å²) in [6.07, 6.45) is 0.653. The molecule has 1 aliphatic rings. The molecule has 1 aliphatic heterocycles. The number of hydrogen-bond acceptors (Lipinski definition) is 2. The highest BCUT2D eigenvalue weighted by Gasteiger charge is 2.24. The van der Waals surface area contributed by atoms with E-state index in [0.717, 1.165) is 24.0 Å². The summed E-state index contributed by atoms with van der Waals surface area (Å²) < 4.78 is 13.3. The number of nitrogens with zero attached hydrogens (tertiary/aromatic N) is 1. The Morgan fingerprint density at radius 1 is 1.44 bits per heavy atom. The van der Waals surface area contributed by atoms with Crippen LogP contribution in [0.5, 0.6) is 0 Å². The summed E-state index contributed by atoms with van der Waals surface area (Å²) >= 11 is 0. The number of likely N-dealkylation sites (tertiary alicyclic amines) is 1. The molecule has 98 valence electrons. The van der Waals surface area contributed by atoms with Crippen LogP contribution >= 0.6 is 0 Å². The number of halogens is 1. The highest BCUT2D eigenvalue weighted by Crippen LogP contribution is 2.32. The average Bonchev–Trinajstić information content (AvgIpc) is 2.34. The van der Waals surface area contributed by atoms with Gasteiger partial charge in [-0.25, -0.2) is 9.18 Å². The Hall–Kier alpha value is -1.78. The fourth-order valence-electron chi connectivity index (χ4n) is 2.53. The van der Waals surface area contributed by atoms with Crippen LogP contribution in [0.2, 0.25) is 0 Å². The van der Waals surface area contributed by atoms with Crippen molar-refractivity contribution >= 4 is 11.8 Å². The Labute approximate surface area is 105 Å². The highest BCUT2D eigenvalue weighted by molar-refractivity contribution is 5.65. The maximum absolute atomic E-state index is 13.3. The van der Waals surface area contributed by atoms with Crippen molar-refractivity contribution in [1.82, 2.24) is 4.90 Å². The van der Waals surface area contributed by atoms with E-state index >= 15 is 0 Å². The molecule has 0 spiro atoms. The summed E-state index contributed by atoms with van der Waals surface area (Å²) in [5, 5.41) is 8.89. The number of aryl methyl sites for hydroxylation is 1. The van der Waals surface area contributed by atoms with Gasteiger partial charge in [-0.15, -0.1) is 0 Å². The van der Waals surface area contributed by atoms with Gasteiger partial charge in [-0.1, -0.05) is 0 Å². The molecule has 0 unspecified atom stereocenters. The third kappa shape index (κ3) is 2.39. The largest absolute Gasteiger partial charge is 0.465 e. The van der Waals surface area contributed by atoms with Crippen LogP contribution in [-0.4, -0.2) is 29.2 Å².